The molecule has 23 heavy (non-hydrogen) atoms. The van der Waals surface area contributed by atoms with Crippen LogP contribution in [0.3, 0.4) is 0 Å². The second kappa shape index (κ2) is 7.09. The lowest BCUT2D eigenvalue weighted by Gasteiger charge is -2.37. The van der Waals surface area contributed by atoms with E-state index in [1.807, 2.05) is 6.07 Å². The molecule has 4 heterocycles. The third-order valence-corrected chi connectivity index (χ3v) is 5.66. The molecule has 2 fully saturated rings. The largest absolute Gasteiger partial charge is 0.381 e. The summed E-state index contributed by atoms with van der Waals surface area (Å²) in [6, 6.07) is 2.50. The fraction of sp³-hybridized carbons (Fsp3) is 0.625. The highest BCUT2D eigenvalue weighted by molar-refractivity contribution is 7.17. The van der Waals surface area contributed by atoms with Gasteiger partial charge < -0.3 is 14.8 Å². The van der Waals surface area contributed by atoms with Gasteiger partial charge in [0.15, 0.2) is 0 Å². The lowest BCUT2D eigenvalue weighted by molar-refractivity contribution is 0.00460. The average molecular weight is 334 g/mol. The van der Waals surface area contributed by atoms with Crippen LogP contribution in [0.5, 0.6) is 0 Å². The van der Waals surface area contributed by atoms with Crippen molar-refractivity contribution in [1.29, 1.82) is 0 Å². The number of nitrogens with one attached hydrogen (secondary N) is 1. The second-order valence-electron chi connectivity index (χ2n) is 6.08. The summed E-state index contributed by atoms with van der Waals surface area (Å²) in [4.78, 5) is 11.3. The summed E-state index contributed by atoms with van der Waals surface area (Å²) in [6.45, 7) is 6.29. The number of aromatic nitrogens is 2. The number of hydrogen-bond acceptors (Lipinski definition) is 7. The maximum atomic E-state index is 5.63. The van der Waals surface area contributed by atoms with Crippen molar-refractivity contribution in [2.75, 3.05) is 51.4 Å². The van der Waals surface area contributed by atoms with E-state index < -0.39 is 0 Å². The Hall–Kier alpha value is -1.28. The Morgan fingerprint density at radius 1 is 1.26 bits per heavy atom. The number of nitrogens with zero attached hydrogens (tertiary/aromatic N) is 3. The first-order valence-corrected chi connectivity index (χ1v) is 9.11. The molecule has 2 aliphatic rings. The highest BCUT2D eigenvalue weighted by atomic mass is 32.1. The summed E-state index contributed by atoms with van der Waals surface area (Å²) in [5.74, 6) is 1.53. The number of hydrogen-bond donors (Lipinski definition) is 1. The molecule has 4 rings (SSSR count). The Labute approximate surface area is 139 Å². The predicted octanol–water partition coefficient (Wildman–Crippen LogP) is 1.84. The number of morpholine rings is 1. The van der Waals surface area contributed by atoms with Gasteiger partial charge in [-0.15, -0.1) is 11.3 Å². The molecule has 2 aliphatic heterocycles. The van der Waals surface area contributed by atoms with Gasteiger partial charge in [-0.25, -0.2) is 9.97 Å². The first-order valence-electron chi connectivity index (χ1n) is 8.23. The maximum absolute atomic E-state index is 5.63. The van der Waals surface area contributed by atoms with Crippen LogP contribution in [0.2, 0.25) is 0 Å². The normalized spacial score (nSPS) is 24.1. The smallest absolute Gasteiger partial charge is 0.147 e. The number of rotatable bonds is 5. The van der Waals surface area contributed by atoms with Gasteiger partial charge in [-0.2, -0.15) is 0 Å². The van der Waals surface area contributed by atoms with Crippen LogP contribution in [-0.2, 0) is 9.47 Å². The average Bonchev–Trinajstić information content (AvgIpc) is 3.28. The Bertz CT molecular complexity index is 638. The molecule has 0 unspecified atom stereocenters. The van der Waals surface area contributed by atoms with Crippen LogP contribution in [0, 0.1) is 5.92 Å². The summed E-state index contributed by atoms with van der Waals surface area (Å²) >= 11 is 1.69. The zero-order valence-electron chi connectivity index (χ0n) is 13.1. The Morgan fingerprint density at radius 2 is 2.17 bits per heavy atom. The molecule has 0 bridgehead atoms. The molecule has 0 radical (unpaired) electrons. The van der Waals surface area contributed by atoms with Crippen molar-refractivity contribution in [2.24, 2.45) is 5.92 Å². The molecule has 6 nitrogen and oxygen atoms in total. The van der Waals surface area contributed by atoms with E-state index in [1.165, 1.54) is 0 Å². The molecule has 0 aromatic carbocycles. The number of fused-ring (bicyclic) bond motifs is 1. The van der Waals surface area contributed by atoms with E-state index in [9.17, 15) is 0 Å². The molecule has 2 aromatic rings. The van der Waals surface area contributed by atoms with E-state index in [1.54, 1.807) is 17.7 Å². The number of anilines is 1. The summed E-state index contributed by atoms with van der Waals surface area (Å²) in [7, 11) is 0. The van der Waals surface area contributed by atoms with Crippen LogP contribution in [0.25, 0.3) is 10.2 Å². The van der Waals surface area contributed by atoms with Crippen molar-refractivity contribution in [1.82, 2.24) is 14.9 Å². The molecular formula is C16H22N4O2S. The van der Waals surface area contributed by atoms with Crippen LogP contribution in [0.4, 0.5) is 5.82 Å². The minimum absolute atomic E-state index is 0.464. The van der Waals surface area contributed by atoms with Gasteiger partial charge in [-0.1, -0.05) is 0 Å². The Balaban J connectivity index is 1.49. The van der Waals surface area contributed by atoms with E-state index in [4.69, 9.17) is 9.47 Å². The molecule has 2 aromatic heterocycles. The molecule has 0 spiro atoms. The fourth-order valence-corrected chi connectivity index (χ4v) is 4.29. The summed E-state index contributed by atoms with van der Waals surface area (Å²) in [5, 5.41) is 5.63. The van der Waals surface area contributed by atoms with Crippen molar-refractivity contribution in [3.63, 3.8) is 0 Å². The molecule has 0 aliphatic carbocycles. The zero-order chi connectivity index (χ0) is 15.5. The molecule has 2 atom stereocenters. The van der Waals surface area contributed by atoms with Crippen LogP contribution in [0.1, 0.15) is 6.42 Å². The first-order chi connectivity index (χ1) is 11.4. The Kier molecular flexibility index (Phi) is 4.70. The van der Waals surface area contributed by atoms with Gasteiger partial charge in [0.25, 0.3) is 0 Å². The summed E-state index contributed by atoms with van der Waals surface area (Å²) in [6.07, 6.45) is 2.78. The van der Waals surface area contributed by atoms with E-state index in [-0.39, 0.29) is 0 Å². The summed E-state index contributed by atoms with van der Waals surface area (Å²) in [5.41, 5.74) is 1.01. The first kappa shape index (κ1) is 15.3. The van der Waals surface area contributed by atoms with Gasteiger partial charge >= 0.3 is 0 Å². The van der Waals surface area contributed by atoms with E-state index in [0.29, 0.717) is 12.0 Å². The van der Waals surface area contributed by atoms with Crippen molar-refractivity contribution < 1.29 is 9.47 Å². The zero-order valence-corrected chi connectivity index (χ0v) is 13.9. The van der Waals surface area contributed by atoms with Crippen LogP contribution >= 0.6 is 11.3 Å². The minimum atomic E-state index is 0.464. The Morgan fingerprint density at radius 3 is 3.00 bits per heavy atom. The van der Waals surface area contributed by atoms with E-state index >= 15 is 0 Å². The predicted molar refractivity (Wildman–Crippen MR) is 91.0 cm³/mol. The van der Waals surface area contributed by atoms with Crippen LogP contribution < -0.4 is 5.32 Å². The van der Waals surface area contributed by atoms with Gasteiger partial charge in [0.2, 0.25) is 0 Å². The molecule has 7 heteroatoms. The lowest BCUT2D eigenvalue weighted by atomic mass is 9.97. The third kappa shape index (κ3) is 3.33. The SMILES string of the molecule is c1nc(NC[C@H]([C@@H]2CCOC2)N2CCOCC2)c2sccc2n1. The van der Waals surface area contributed by atoms with Crippen LogP contribution in [0.15, 0.2) is 17.8 Å². The fourth-order valence-electron chi connectivity index (χ4n) is 3.48. The van der Waals surface area contributed by atoms with Gasteiger partial charge in [-0.05, 0) is 17.9 Å². The van der Waals surface area contributed by atoms with Gasteiger partial charge in [0.05, 0.1) is 30.0 Å². The number of ether oxygens (including phenoxy) is 2. The third-order valence-electron chi connectivity index (χ3n) is 4.75. The van der Waals surface area contributed by atoms with E-state index in [0.717, 1.165) is 68.5 Å². The van der Waals surface area contributed by atoms with E-state index in [2.05, 4.69) is 25.6 Å². The van der Waals surface area contributed by atoms with Crippen molar-refractivity contribution in [3.05, 3.63) is 17.8 Å². The quantitative estimate of drug-likeness (QED) is 0.900. The molecule has 2 saturated heterocycles. The van der Waals surface area contributed by atoms with Gasteiger partial charge in [0, 0.05) is 38.2 Å². The van der Waals surface area contributed by atoms with Crippen molar-refractivity contribution in [2.45, 2.75) is 12.5 Å². The highest BCUT2D eigenvalue weighted by Gasteiger charge is 2.31. The monoisotopic (exact) mass is 334 g/mol. The van der Waals surface area contributed by atoms with Crippen molar-refractivity contribution in [3.8, 4) is 0 Å². The second-order valence-corrected chi connectivity index (χ2v) is 6.99. The standard InChI is InChI=1S/C16H22N4O2S/c1-5-22-10-12(1)14(20-3-6-21-7-4-20)9-17-16-15-13(2-8-23-15)18-11-19-16/h2,8,11-12,14H,1,3-7,9-10H2,(H,17,18,19)/t12-,14-/m1/s1. The molecular weight excluding hydrogens is 312 g/mol. The van der Waals surface area contributed by atoms with Gasteiger partial charge in [0.1, 0.15) is 12.1 Å². The van der Waals surface area contributed by atoms with Crippen molar-refractivity contribution >= 4 is 27.4 Å². The highest BCUT2D eigenvalue weighted by Crippen LogP contribution is 2.27. The topological polar surface area (TPSA) is 59.5 Å². The maximum Gasteiger partial charge on any atom is 0.147 e. The number of thiophene rings is 1. The van der Waals surface area contributed by atoms with Gasteiger partial charge in [-0.3, -0.25) is 4.90 Å². The lowest BCUT2D eigenvalue weighted by Crippen LogP contribution is -2.50. The summed E-state index contributed by atoms with van der Waals surface area (Å²) < 4.78 is 12.3. The molecule has 124 valence electrons. The molecule has 0 saturated carbocycles. The van der Waals surface area contributed by atoms with Crippen LogP contribution in [-0.4, -0.2) is 67.0 Å². The molecule has 0 amide bonds. The minimum Gasteiger partial charge on any atom is -0.381 e. The molecule has 1 N–H and O–H groups in total.